The Morgan fingerprint density at radius 1 is 1.26 bits per heavy atom. The second-order valence-corrected chi connectivity index (χ2v) is 6.09. The van der Waals surface area contributed by atoms with Crippen molar-refractivity contribution in [3.63, 3.8) is 0 Å². The van der Waals surface area contributed by atoms with Crippen molar-refractivity contribution < 1.29 is 14.3 Å². The van der Waals surface area contributed by atoms with E-state index < -0.39 is 5.60 Å². The molecule has 2 N–H and O–H groups in total. The molecular weight excluding hydrogens is 294 g/mol. The fourth-order valence-corrected chi connectivity index (χ4v) is 2.92. The Hall–Kier alpha value is -2.21. The molecule has 0 saturated heterocycles. The Morgan fingerprint density at radius 2 is 1.96 bits per heavy atom. The van der Waals surface area contributed by atoms with Crippen molar-refractivity contribution in [1.82, 2.24) is 10.2 Å². The number of rotatable bonds is 5. The van der Waals surface area contributed by atoms with Crippen LogP contribution < -0.4 is 5.32 Å². The summed E-state index contributed by atoms with van der Waals surface area (Å²) < 4.78 is 5.50. The van der Waals surface area contributed by atoms with Crippen molar-refractivity contribution in [1.29, 1.82) is 0 Å². The van der Waals surface area contributed by atoms with E-state index in [-0.39, 0.29) is 12.3 Å². The second kappa shape index (κ2) is 6.50. The minimum Gasteiger partial charge on any atom is -0.421 e. The highest BCUT2D eigenvalue weighted by atomic mass is 16.4. The number of nitrogens with one attached hydrogen (secondary N) is 1. The van der Waals surface area contributed by atoms with Gasteiger partial charge < -0.3 is 14.8 Å². The summed E-state index contributed by atoms with van der Waals surface area (Å²) in [6.07, 6.45) is 4.24. The number of amides is 1. The smallest absolute Gasteiger partial charge is 0.247 e. The van der Waals surface area contributed by atoms with Crippen LogP contribution in [0.4, 0.5) is 5.69 Å². The monoisotopic (exact) mass is 315 g/mol. The van der Waals surface area contributed by atoms with Gasteiger partial charge in [-0.25, -0.2) is 0 Å². The minimum atomic E-state index is -0.829. The van der Waals surface area contributed by atoms with Crippen LogP contribution in [0.25, 0.3) is 11.5 Å². The highest BCUT2D eigenvalue weighted by Gasteiger charge is 2.33. The lowest BCUT2D eigenvalue weighted by atomic mass is 9.97. The number of aryl methyl sites for hydroxylation is 1. The molecule has 1 amide bonds. The van der Waals surface area contributed by atoms with E-state index in [1.54, 1.807) is 12.1 Å². The van der Waals surface area contributed by atoms with Gasteiger partial charge in [-0.3, -0.25) is 4.79 Å². The first-order valence-electron chi connectivity index (χ1n) is 8.03. The average molecular weight is 315 g/mol. The molecule has 0 atom stereocenters. The van der Waals surface area contributed by atoms with E-state index in [2.05, 4.69) is 15.5 Å². The predicted molar refractivity (Wildman–Crippen MR) is 85.8 cm³/mol. The van der Waals surface area contributed by atoms with Crippen molar-refractivity contribution in [3.05, 3.63) is 30.2 Å². The summed E-state index contributed by atoms with van der Waals surface area (Å²) in [5.74, 6) is 0.912. The molecule has 6 heteroatoms. The van der Waals surface area contributed by atoms with Crippen LogP contribution in [0.1, 0.15) is 44.9 Å². The van der Waals surface area contributed by atoms with Gasteiger partial charge in [-0.1, -0.05) is 19.8 Å². The van der Waals surface area contributed by atoms with Gasteiger partial charge in [0.25, 0.3) is 0 Å². The first-order valence-corrected chi connectivity index (χ1v) is 8.03. The number of anilines is 1. The van der Waals surface area contributed by atoms with Gasteiger partial charge in [0.1, 0.15) is 0 Å². The van der Waals surface area contributed by atoms with Crippen molar-refractivity contribution in [2.24, 2.45) is 0 Å². The number of carbonyl (C=O) groups is 1. The summed E-state index contributed by atoms with van der Waals surface area (Å²) in [5.41, 5.74) is 0.671. The van der Waals surface area contributed by atoms with Gasteiger partial charge in [0.05, 0.1) is 12.0 Å². The number of benzene rings is 1. The van der Waals surface area contributed by atoms with Crippen LogP contribution >= 0.6 is 0 Å². The summed E-state index contributed by atoms with van der Waals surface area (Å²) in [6, 6.07) is 7.24. The van der Waals surface area contributed by atoms with Gasteiger partial charge in [0.2, 0.25) is 17.7 Å². The molecule has 23 heavy (non-hydrogen) atoms. The molecule has 1 fully saturated rings. The van der Waals surface area contributed by atoms with Crippen LogP contribution in [0, 0.1) is 0 Å². The van der Waals surface area contributed by atoms with Gasteiger partial charge in [-0.2, -0.15) is 0 Å². The zero-order chi connectivity index (χ0) is 16.3. The topological polar surface area (TPSA) is 88.2 Å². The van der Waals surface area contributed by atoms with Gasteiger partial charge >= 0.3 is 0 Å². The molecule has 1 aromatic carbocycles. The van der Waals surface area contributed by atoms with Gasteiger partial charge in [-0.05, 0) is 37.1 Å². The third kappa shape index (κ3) is 3.76. The first-order chi connectivity index (χ1) is 11.1. The van der Waals surface area contributed by atoms with Crippen LogP contribution in [0.2, 0.25) is 0 Å². The summed E-state index contributed by atoms with van der Waals surface area (Å²) in [4.78, 5) is 12.1. The lowest BCUT2D eigenvalue weighted by molar-refractivity contribution is -0.120. The molecule has 0 unspecified atom stereocenters. The minimum absolute atomic E-state index is 0.151. The van der Waals surface area contributed by atoms with Crippen molar-refractivity contribution in [2.45, 2.75) is 51.0 Å². The van der Waals surface area contributed by atoms with E-state index in [0.29, 0.717) is 36.7 Å². The molecule has 0 aliphatic heterocycles. The number of nitrogens with zero attached hydrogens (tertiary/aromatic N) is 2. The van der Waals surface area contributed by atoms with E-state index >= 15 is 0 Å². The zero-order valence-corrected chi connectivity index (χ0v) is 13.2. The predicted octanol–water partition coefficient (Wildman–Crippen LogP) is 2.93. The van der Waals surface area contributed by atoms with Crippen LogP contribution in [0.5, 0.6) is 0 Å². The van der Waals surface area contributed by atoms with E-state index in [1.807, 2.05) is 19.1 Å². The first kappa shape index (κ1) is 15.7. The number of hydrogen-bond donors (Lipinski definition) is 2. The van der Waals surface area contributed by atoms with E-state index in [0.717, 1.165) is 18.4 Å². The lowest BCUT2D eigenvalue weighted by Gasteiger charge is -2.21. The molecule has 0 bridgehead atoms. The lowest BCUT2D eigenvalue weighted by Crippen LogP contribution is -2.30. The van der Waals surface area contributed by atoms with Gasteiger partial charge in [0.15, 0.2) is 0 Å². The summed E-state index contributed by atoms with van der Waals surface area (Å²) in [7, 11) is 0. The highest BCUT2D eigenvalue weighted by molar-refractivity contribution is 5.91. The molecule has 122 valence electrons. The quantitative estimate of drug-likeness (QED) is 0.885. The SMILES string of the molecule is CCc1nnc(-c2ccc(NC(=O)CC3(O)CCCC3)cc2)o1. The average Bonchev–Trinajstić information content (AvgIpc) is 3.17. The molecular formula is C17H21N3O3. The van der Waals surface area contributed by atoms with Crippen LogP contribution in [0.15, 0.2) is 28.7 Å². The Bertz CT molecular complexity index is 673. The number of aliphatic hydroxyl groups is 1. The molecule has 1 aliphatic rings. The maximum atomic E-state index is 12.1. The van der Waals surface area contributed by atoms with Gasteiger partial charge in [0, 0.05) is 17.7 Å². The molecule has 3 rings (SSSR count). The fourth-order valence-electron chi connectivity index (χ4n) is 2.92. The Morgan fingerprint density at radius 3 is 2.57 bits per heavy atom. The molecule has 0 spiro atoms. The molecule has 1 aromatic heterocycles. The van der Waals surface area contributed by atoms with Gasteiger partial charge in [-0.15, -0.1) is 10.2 Å². The Kier molecular flexibility index (Phi) is 4.43. The molecule has 1 aliphatic carbocycles. The van der Waals surface area contributed by atoms with Crippen LogP contribution in [0.3, 0.4) is 0 Å². The molecule has 0 radical (unpaired) electrons. The molecule has 2 aromatic rings. The number of aromatic nitrogens is 2. The molecule has 6 nitrogen and oxygen atoms in total. The summed E-state index contributed by atoms with van der Waals surface area (Å²) >= 11 is 0. The third-order valence-electron chi connectivity index (χ3n) is 4.21. The zero-order valence-electron chi connectivity index (χ0n) is 13.2. The van der Waals surface area contributed by atoms with E-state index in [9.17, 15) is 9.90 Å². The molecule has 1 saturated carbocycles. The van der Waals surface area contributed by atoms with Crippen molar-refractivity contribution in [2.75, 3.05) is 5.32 Å². The number of hydrogen-bond acceptors (Lipinski definition) is 5. The van der Waals surface area contributed by atoms with Crippen molar-refractivity contribution in [3.8, 4) is 11.5 Å². The second-order valence-electron chi connectivity index (χ2n) is 6.09. The molecule has 1 heterocycles. The normalized spacial score (nSPS) is 16.4. The summed E-state index contributed by atoms with van der Waals surface area (Å²) in [6.45, 7) is 1.95. The summed E-state index contributed by atoms with van der Waals surface area (Å²) in [5, 5.41) is 21.0. The third-order valence-corrected chi connectivity index (χ3v) is 4.21. The number of carbonyl (C=O) groups excluding carboxylic acids is 1. The van der Waals surface area contributed by atoms with Crippen LogP contribution in [-0.2, 0) is 11.2 Å². The van der Waals surface area contributed by atoms with E-state index in [1.165, 1.54) is 0 Å². The maximum Gasteiger partial charge on any atom is 0.247 e. The van der Waals surface area contributed by atoms with Crippen molar-refractivity contribution >= 4 is 11.6 Å². The Balaban J connectivity index is 1.62. The maximum absolute atomic E-state index is 12.1. The largest absolute Gasteiger partial charge is 0.421 e. The standard InChI is InChI=1S/C17H21N3O3/c1-2-15-19-20-16(23-15)12-5-7-13(8-6-12)18-14(21)11-17(22)9-3-4-10-17/h5-8,22H,2-4,9-11H2,1H3,(H,18,21). The highest BCUT2D eigenvalue weighted by Crippen LogP contribution is 2.32. The van der Waals surface area contributed by atoms with Crippen LogP contribution in [-0.4, -0.2) is 26.8 Å². The Labute approximate surface area is 134 Å². The fraction of sp³-hybridized carbons (Fsp3) is 0.471. The van der Waals surface area contributed by atoms with E-state index in [4.69, 9.17) is 4.42 Å².